The van der Waals surface area contributed by atoms with E-state index in [1.165, 1.54) is 16.0 Å². The molecule has 0 amide bonds. The molecule has 0 aliphatic carbocycles. The van der Waals surface area contributed by atoms with Crippen LogP contribution in [-0.2, 0) is 26.5 Å². The van der Waals surface area contributed by atoms with Crippen molar-refractivity contribution >= 4 is 66.3 Å². The summed E-state index contributed by atoms with van der Waals surface area (Å²) in [6.07, 6.45) is 1.12. The van der Waals surface area contributed by atoms with E-state index >= 15 is 4.39 Å². The molecule has 6 heteroatoms. The van der Waals surface area contributed by atoms with Gasteiger partial charge < -0.3 is 4.98 Å². The molecule has 3 aromatic heterocycles. The maximum Gasteiger partial charge on any atom is 0.143 e. The zero-order valence-corrected chi connectivity index (χ0v) is 34.0. The molecule has 0 bridgehead atoms. The average molecular weight is 903 g/mol. The number of hydrogen-bond acceptors (Lipinski definition) is 3. The van der Waals surface area contributed by atoms with Crippen LogP contribution in [0.1, 0.15) is 19.4 Å². The van der Waals surface area contributed by atoms with E-state index in [2.05, 4.69) is 84.2 Å². The van der Waals surface area contributed by atoms with Crippen LogP contribution in [0.15, 0.2) is 140 Å². The van der Waals surface area contributed by atoms with Crippen LogP contribution in [0.2, 0.25) is 19.6 Å². The van der Waals surface area contributed by atoms with Crippen molar-refractivity contribution in [2.45, 2.75) is 32.9 Å². The Balaban J connectivity index is 0.000000231. The second-order valence-electron chi connectivity index (χ2n) is 14.0. The molecule has 0 fully saturated rings. The third kappa shape index (κ3) is 7.64. The Morgan fingerprint density at radius 1 is 0.755 bits per heavy atom. The zero-order valence-electron chi connectivity index (χ0n) is 31.8. The molecule has 2 nitrogen and oxygen atoms in total. The number of benzene rings is 6. The largest absolute Gasteiger partial charge is 0.305 e. The number of halogens is 1. The first-order valence-corrected chi connectivity index (χ1v) is 21.7. The predicted octanol–water partition coefficient (Wildman–Crippen LogP) is 12.4. The van der Waals surface area contributed by atoms with E-state index in [0.29, 0.717) is 11.3 Å². The normalized spacial score (nSPS) is 12.2. The fraction of sp³-hybridized carbons (Fsp3) is 0.106. The summed E-state index contributed by atoms with van der Waals surface area (Å²) < 4.78 is 35.0. The molecule has 0 aliphatic rings. The molecule has 53 heavy (non-hydrogen) atoms. The van der Waals surface area contributed by atoms with E-state index in [4.69, 9.17) is 2.74 Å². The van der Waals surface area contributed by atoms with Gasteiger partial charge >= 0.3 is 0 Å². The van der Waals surface area contributed by atoms with Crippen LogP contribution in [0.4, 0.5) is 4.39 Å². The van der Waals surface area contributed by atoms with Crippen LogP contribution >= 0.6 is 11.3 Å². The van der Waals surface area contributed by atoms with Gasteiger partial charge in [-0.25, -0.2) is 4.39 Å². The third-order valence-corrected chi connectivity index (χ3v) is 12.5. The topological polar surface area (TPSA) is 25.8 Å². The van der Waals surface area contributed by atoms with E-state index in [-0.39, 0.29) is 25.7 Å². The molecule has 6 aromatic carbocycles. The SMILES string of the molecule is C[Si](C)(C)c1ccc(-c2[c-]cccc2)nc1.[2H]C([2H])(c1ccc(C)cc1)c1cc(-c2[c-]c3ccccc3c3c2sc2cc4ccccc4cc23)ncc1F.[Ir]. The van der Waals surface area contributed by atoms with Crippen LogP contribution in [0.3, 0.4) is 0 Å². The smallest absolute Gasteiger partial charge is 0.143 e. The molecular formula is C47H37FIrN2SSi-2. The van der Waals surface area contributed by atoms with Gasteiger partial charge in [0, 0.05) is 39.4 Å². The Bertz CT molecular complexity index is 2800. The Morgan fingerprint density at radius 3 is 2.19 bits per heavy atom. The van der Waals surface area contributed by atoms with Crippen LogP contribution in [-0.4, -0.2) is 18.0 Å². The quantitative estimate of drug-likeness (QED) is 0.127. The van der Waals surface area contributed by atoms with Gasteiger partial charge in [-0.3, -0.25) is 4.98 Å². The second kappa shape index (κ2) is 15.3. The average Bonchev–Trinajstić information content (AvgIpc) is 3.56. The van der Waals surface area contributed by atoms with Crippen molar-refractivity contribution in [1.29, 1.82) is 0 Å². The number of nitrogens with zero attached hydrogens (tertiary/aromatic N) is 2. The first kappa shape index (κ1) is 34.0. The zero-order chi connectivity index (χ0) is 37.6. The van der Waals surface area contributed by atoms with E-state index in [1.807, 2.05) is 79.9 Å². The Hall–Kier alpha value is -4.84. The summed E-state index contributed by atoms with van der Waals surface area (Å²) in [5, 5.41) is 8.07. The molecule has 0 unspecified atom stereocenters. The standard InChI is InChI=1S/C33H21FNS.C14H16NSi.Ir/c1-20-10-12-21(13-11-20)14-25-17-30(35-19-29(25)34)27-16-24-8-4-5-9-26(24)32-28-15-22-6-2-3-7-23(22)18-31(28)36-33(27)32;1-16(2,3)13-9-10-14(15-11-13)12-7-5-4-6-8-12;/h2-13,15,17-19H,14H2,1H3;4-7,9-11H,1-3H3;/q2*-1;/i14D2;;. The van der Waals surface area contributed by atoms with Crippen molar-refractivity contribution in [3.63, 3.8) is 0 Å². The number of pyridine rings is 2. The summed E-state index contributed by atoms with van der Waals surface area (Å²) in [4.78, 5) is 8.97. The number of rotatable bonds is 5. The van der Waals surface area contributed by atoms with Gasteiger partial charge in [0.1, 0.15) is 5.82 Å². The molecule has 3 heterocycles. The number of aryl methyl sites for hydroxylation is 1. The van der Waals surface area contributed by atoms with Crippen molar-refractivity contribution in [2.75, 3.05) is 0 Å². The summed E-state index contributed by atoms with van der Waals surface area (Å²) >= 11 is 1.67. The number of fused-ring (bicyclic) bond motifs is 6. The van der Waals surface area contributed by atoms with Gasteiger partial charge in [-0.1, -0.05) is 126 Å². The van der Waals surface area contributed by atoms with Crippen LogP contribution < -0.4 is 5.19 Å². The van der Waals surface area contributed by atoms with Gasteiger partial charge in [0.2, 0.25) is 0 Å². The second-order valence-corrected chi connectivity index (χ2v) is 20.2. The summed E-state index contributed by atoms with van der Waals surface area (Å²) in [5.41, 5.74) is 4.71. The Kier molecular flexibility index (Phi) is 9.77. The molecule has 1 radical (unpaired) electrons. The van der Waals surface area contributed by atoms with E-state index in [9.17, 15) is 0 Å². The van der Waals surface area contributed by atoms with Crippen molar-refractivity contribution in [2.24, 2.45) is 0 Å². The summed E-state index contributed by atoms with van der Waals surface area (Å²) in [7, 11) is -1.23. The van der Waals surface area contributed by atoms with Gasteiger partial charge in [0.15, 0.2) is 0 Å². The number of aromatic nitrogens is 2. The molecule has 9 aromatic rings. The molecule has 0 aliphatic heterocycles. The maximum absolute atomic E-state index is 15.1. The van der Waals surface area contributed by atoms with E-state index in [1.54, 1.807) is 29.5 Å². The van der Waals surface area contributed by atoms with Gasteiger partial charge in [-0.15, -0.1) is 53.4 Å². The molecule has 0 N–H and O–H groups in total. The van der Waals surface area contributed by atoms with Gasteiger partial charge in [0.05, 0.1) is 14.3 Å². The third-order valence-electron chi connectivity index (χ3n) is 9.30. The number of hydrogen-bond donors (Lipinski definition) is 0. The molecule has 9 rings (SSSR count). The fourth-order valence-electron chi connectivity index (χ4n) is 6.42. The summed E-state index contributed by atoms with van der Waals surface area (Å²) in [6, 6.07) is 48.6. The van der Waals surface area contributed by atoms with Crippen molar-refractivity contribution in [1.82, 2.24) is 9.97 Å². The van der Waals surface area contributed by atoms with Gasteiger partial charge in [-0.2, -0.15) is 11.3 Å². The Labute approximate surface area is 331 Å². The first-order valence-electron chi connectivity index (χ1n) is 18.3. The monoisotopic (exact) mass is 903 g/mol. The van der Waals surface area contributed by atoms with Crippen molar-refractivity contribution in [3.05, 3.63) is 174 Å². The van der Waals surface area contributed by atoms with Crippen LogP contribution in [0, 0.1) is 24.9 Å². The number of thiophene rings is 1. The first-order chi connectivity index (χ1) is 26.0. The van der Waals surface area contributed by atoms with Crippen LogP contribution in [0.5, 0.6) is 0 Å². The minimum Gasteiger partial charge on any atom is -0.305 e. The Morgan fingerprint density at radius 2 is 1.47 bits per heavy atom. The van der Waals surface area contributed by atoms with Gasteiger partial charge in [-0.05, 0) is 68.3 Å². The van der Waals surface area contributed by atoms with Crippen LogP contribution in [0.25, 0.3) is 64.2 Å². The minimum absolute atomic E-state index is 0. The molecule has 263 valence electrons. The predicted molar refractivity (Wildman–Crippen MR) is 222 cm³/mol. The minimum atomic E-state index is -2.02. The molecule has 0 saturated carbocycles. The van der Waals surface area contributed by atoms with Gasteiger partial charge in [0.25, 0.3) is 0 Å². The van der Waals surface area contributed by atoms with Crippen molar-refractivity contribution < 1.29 is 27.2 Å². The molecular weight excluding hydrogens is 864 g/mol. The van der Waals surface area contributed by atoms with E-state index in [0.717, 1.165) is 59.5 Å². The molecule has 0 atom stereocenters. The maximum atomic E-state index is 15.1. The summed E-state index contributed by atoms with van der Waals surface area (Å²) in [5.74, 6) is -0.668. The fourth-order valence-corrected chi connectivity index (χ4v) is 8.71. The molecule has 0 saturated heterocycles. The van der Waals surface area contributed by atoms with E-state index < -0.39 is 20.3 Å². The van der Waals surface area contributed by atoms with Crippen molar-refractivity contribution in [3.8, 4) is 22.5 Å². The molecule has 0 spiro atoms. The summed E-state index contributed by atoms with van der Waals surface area (Å²) in [6.45, 7) is 8.94.